The Labute approximate surface area is 173 Å². The highest BCUT2D eigenvalue weighted by Crippen LogP contribution is 2.54. The number of nitrogens with zero attached hydrogens (tertiary/aromatic N) is 1. The van der Waals surface area contributed by atoms with Crippen LogP contribution in [-0.2, 0) is 9.53 Å². The lowest BCUT2D eigenvalue weighted by atomic mass is 9.61. The first kappa shape index (κ1) is 18.0. The zero-order chi connectivity index (χ0) is 19.6. The van der Waals surface area contributed by atoms with Crippen molar-refractivity contribution in [3.8, 4) is 0 Å². The van der Waals surface area contributed by atoms with Crippen LogP contribution < -0.4 is 0 Å². The molecule has 1 aromatic heterocycles. The molecule has 3 heterocycles. The van der Waals surface area contributed by atoms with E-state index in [1.807, 2.05) is 0 Å². The number of H-pyrrole nitrogens is 1. The van der Waals surface area contributed by atoms with Gasteiger partial charge in [0.05, 0.1) is 12.2 Å². The van der Waals surface area contributed by atoms with Crippen molar-refractivity contribution in [3.63, 3.8) is 0 Å². The molecular formula is C25H32N2O2. The number of hydrogen-bond donors (Lipinski definition) is 1. The van der Waals surface area contributed by atoms with Crippen LogP contribution >= 0.6 is 0 Å². The SMILES string of the molecule is CC(CC(=O)N1C2CC3CC1CC(OCC1CC1)(C3)C2)c1c[nH]c2ccccc12. The van der Waals surface area contributed by atoms with E-state index in [4.69, 9.17) is 4.74 Å². The van der Waals surface area contributed by atoms with Gasteiger partial charge in [-0.3, -0.25) is 4.79 Å². The van der Waals surface area contributed by atoms with Crippen LogP contribution in [-0.4, -0.2) is 40.1 Å². The maximum Gasteiger partial charge on any atom is 0.223 e. The smallest absolute Gasteiger partial charge is 0.223 e. The molecule has 3 unspecified atom stereocenters. The van der Waals surface area contributed by atoms with Gasteiger partial charge in [0.25, 0.3) is 0 Å². The second kappa shape index (κ2) is 6.60. The maximum atomic E-state index is 13.4. The lowest BCUT2D eigenvalue weighted by Crippen LogP contribution is -2.66. The summed E-state index contributed by atoms with van der Waals surface area (Å²) in [6, 6.07) is 9.21. The van der Waals surface area contributed by atoms with E-state index < -0.39 is 0 Å². The second-order valence-electron chi connectivity index (χ2n) is 10.4. The van der Waals surface area contributed by atoms with E-state index in [2.05, 4.69) is 47.3 Å². The van der Waals surface area contributed by atoms with Crippen LogP contribution in [0.2, 0.25) is 0 Å². The summed E-state index contributed by atoms with van der Waals surface area (Å²) in [6.45, 7) is 3.16. The van der Waals surface area contributed by atoms with E-state index >= 15 is 0 Å². The molecule has 3 aliphatic carbocycles. The lowest BCUT2D eigenvalue weighted by molar-refractivity contribution is -0.193. The second-order valence-corrected chi connectivity index (χ2v) is 10.4. The number of nitrogens with one attached hydrogen (secondary N) is 1. The van der Waals surface area contributed by atoms with Gasteiger partial charge in [0.15, 0.2) is 0 Å². The molecule has 2 aromatic rings. The van der Waals surface area contributed by atoms with Crippen molar-refractivity contribution in [1.29, 1.82) is 0 Å². The van der Waals surface area contributed by atoms with Crippen LogP contribution in [0.15, 0.2) is 30.5 Å². The predicted octanol–water partition coefficient (Wildman–Crippen LogP) is 5.00. The molecule has 2 saturated heterocycles. The summed E-state index contributed by atoms with van der Waals surface area (Å²) in [5.41, 5.74) is 2.51. The number of hydrogen-bond acceptors (Lipinski definition) is 2. The normalized spacial score (nSPS) is 34.1. The first-order valence-electron chi connectivity index (χ1n) is 11.6. The van der Waals surface area contributed by atoms with Crippen LogP contribution in [0.1, 0.15) is 69.8 Å². The standard InChI is InChI=1S/C25H32N2O2/c1-16(22-14-26-23-5-3-2-4-21(22)23)8-24(28)27-19-9-18-10-20(27)13-25(11-18,12-19)29-15-17-6-7-17/h2-5,14,16-20,26H,6-13,15H2,1H3. The summed E-state index contributed by atoms with van der Waals surface area (Å²) in [5.74, 6) is 2.17. The van der Waals surface area contributed by atoms with E-state index in [0.29, 0.717) is 24.4 Å². The van der Waals surface area contributed by atoms with Gasteiger partial charge in [-0.25, -0.2) is 0 Å². The Morgan fingerprint density at radius 3 is 2.72 bits per heavy atom. The lowest BCUT2D eigenvalue weighted by Gasteiger charge is -2.61. The summed E-state index contributed by atoms with van der Waals surface area (Å²) in [6.07, 6.45) is 11.2. The number of benzene rings is 1. The molecule has 5 fully saturated rings. The summed E-state index contributed by atoms with van der Waals surface area (Å²) < 4.78 is 6.54. The van der Waals surface area contributed by atoms with Crippen LogP contribution in [0.25, 0.3) is 10.9 Å². The fourth-order valence-electron chi connectivity index (χ4n) is 6.70. The van der Waals surface area contributed by atoms with Crippen LogP contribution in [0.5, 0.6) is 0 Å². The Kier molecular flexibility index (Phi) is 4.09. The Morgan fingerprint density at radius 1 is 1.21 bits per heavy atom. The fourth-order valence-corrected chi connectivity index (χ4v) is 6.70. The minimum absolute atomic E-state index is 0.0817. The van der Waals surface area contributed by atoms with E-state index in [1.54, 1.807) is 0 Å². The third kappa shape index (κ3) is 3.11. The Bertz CT molecular complexity index is 914. The molecule has 1 amide bonds. The van der Waals surface area contributed by atoms with Crippen molar-refractivity contribution < 1.29 is 9.53 Å². The number of aromatic amines is 1. The van der Waals surface area contributed by atoms with Gasteiger partial charge in [-0.1, -0.05) is 25.1 Å². The molecule has 3 atom stereocenters. The zero-order valence-corrected chi connectivity index (χ0v) is 17.4. The number of aromatic nitrogens is 1. The van der Waals surface area contributed by atoms with Gasteiger partial charge in [0.2, 0.25) is 5.91 Å². The van der Waals surface area contributed by atoms with E-state index in [0.717, 1.165) is 36.8 Å². The maximum absolute atomic E-state index is 13.4. The van der Waals surface area contributed by atoms with E-state index in [-0.39, 0.29) is 11.5 Å². The van der Waals surface area contributed by atoms with Crippen molar-refractivity contribution in [2.45, 2.75) is 81.9 Å². The Morgan fingerprint density at radius 2 is 1.97 bits per heavy atom. The molecule has 0 spiro atoms. The summed E-state index contributed by atoms with van der Waals surface area (Å²) in [7, 11) is 0. The van der Waals surface area contributed by atoms with Gasteiger partial charge in [0.1, 0.15) is 0 Å². The fraction of sp³-hybridized carbons (Fsp3) is 0.640. The first-order chi connectivity index (χ1) is 14.1. The number of carbonyl (C=O) groups is 1. The number of piperidine rings is 2. The summed E-state index contributed by atoms with van der Waals surface area (Å²) >= 11 is 0. The number of amides is 1. The third-order valence-electron chi connectivity index (χ3n) is 8.12. The number of para-hydroxylation sites is 1. The number of fused-ring (bicyclic) bond motifs is 1. The predicted molar refractivity (Wildman–Crippen MR) is 114 cm³/mol. The van der Waals surface area contributed by atoms with E-state index in [1.165, 1.54) is 43.1 Å². The average Bonchev–Trinajstić information content (AvgIpc) is 3.42. The van der Waals surface area contributed by atoms with Crippen molar-refractivity contribution in [3.05, 3.63) is 36.0 Å². The van der Waals surface area contributed by atoms with E-state index in [9.17, 15) is 4.79 Å². The molecule has 7 rings (SSSR count). The van der Waals surface area contributed by atoms with Crippen molar-refractivity contribution >= 4 is 16.8 Å². The van der Waals surface area contributed by atoms with Gasteiger partial charge in [-0.05, 0) is 74.3 Å². The molecule has 2 aliphatic heterocycles. The van der Waals surface area contributed by atoms with Crippen molar-refractivity contribution in [1.82, 2.24) is 9.88 Å². The highest BCUT2D eigenvalue weighted by molar-refractivity contribution is 5.85. The number of ether oxygens (including phenoxy) is 1. The minimum Gasteiger partial charge on any atom is -0.375 e. The minimum atomic E-state index is 0.0817. The molecule has 29 heavy (non-hydrogen) atoms. The average molecular weight is 393 g/mol. The quantitative estimate of drug-likeness (QED) is 0.752. The molecular weight excluding hydrogens is 360 g/mol. The van der Waals surface area contributed by atoms with Gasteiger partial charge in [-0.15, -0.1) is 0 Å². The molecule has 3 saturated carbocycles. The summed E-state index contributed by atoms with van der Waals surface area (Å²) in [5, 5.41) is 1.25. The summed E-state index contributed by atoms with van der Waals surface area (Å²) in [4.78, 5) is 19.1. The molecule has 0 radical (unpaired) electrons. The Balaban J connectivity index is 1.17. The van der Waals surface area contributed by atoms with Crippen molar-refractivity contribution in [2.75, 3.05) is 6.61 Å². The first-order valence-corrected chi connectivity index (χ1v) is 11.6. The Hall–Kier alpha value is -1.81. The number of carbonyl (C=O) groups excluding carboxylic acids is 1. The van der Waals surface area contributed by atoms with Crippen LogP contribution in [0.4, 0.5) is 0 Å². The molecule has 1 aromatic carbocycles. The van der Waals surface area contributed by atoms with Gasteiger partial charge < -0.3 is 14.6 Å². The largest absolute Gasteiger partial charge is 0.375 e. The molecule has 1 N–H and O–H groups in total. The molecule has 5 aliphatic rings. The molecule has 154 valence electrons. The molecule has 4 nitrogen and oxygen atoms in total. The highest BCUT2D eigenvalue weighted by atomic mass is 16.5. The molecule has 4 heteroatoms. The topological polar surface area (TPSA) is 45.3 Å². The monoisotopic (exact) mass is 392 g/mol. The van der Waals surface area contributed by atoms with Crippen molar-refractivity contribution in [2.24, 2.45) is 11.8 Å². The van der Waals surface area contributed by atoms with Gasteiger partial charge in [-0.2, -0.15) is 0 Å². The third-order valence-corrected chi connectivity index (χ3v) is 8.12. The highest BCUT2D eigenvalue weighted by Gasteiger charge is 2.56. The van der Waals surface area contributed by atoms with Gasteiger partial charge in [0, 0.05) is 35.6 Å². The molecule has 4 bridgehead atoms. The number of rotatable bonds is 6. The van der Waals surface area contributed by atoms with Gasteiger partial charge >= 0.3 is 0 Å². The van der Waals surface area contributed by atoms with Crippen LogP contribution in [0.3, 0.4) is 0 Å². The van der Waals surface area contributed by atoms with Crippen LogP contribution in [0, 0.1) is 11.8 Å². The zero-order valence-electron chi connectivity index (χ0n) is 17.4.